The zero-order valence-corrected chi connectivity index (χ0v) is 17.9. The van der Waals surface area contributed by atoms with E-state index in [1.807, 2.05) is 27.7 Å². The lowest BCUT2D eigenvalue weighted by molar-refractivity contribution is 0.320. The molecule has 2 rings (SSSR count). The van der Waals surface area contributed by atoms with Gasteiger partial charge in [0.15, 0.2) is 9.84 Å². The predicted molar refractivity (Wildman–Crippen MR) is 107 cm³/mol. The van der Waals surface area contributed by atoms with Crippen molar-refractivity contribution in [2.75, 3.05) is 46.5 Å². The standard InChI is InChI=1S/C8H9FO2S.C7H16N2.2C2H6/c1-12(10,11)6-7-2-4-8(9)5-3-7;1-8-4-3-5-9(2)7-6-8;2*1-2/h2-5H,6H2,1H3;3-7H2,1-2H3;2*1-2H3. The average Bonchev–Trinajstić information content (AvgIpc) is 2.77. The highest BCUT2D eigenvalue weighted by Crippen LogP contribution is 2.06. The molecule has 0 bridgehead atoms. The van der Waals surface area contributed by atoms with Gasteiger partial charge in [-0.2, -0.15) is 0 Å². The van der Waals surface area contributed by atoms with Crippen LogP contribution in [0.15, 0.2) is 24.3 Å². The number of hydrogen-bond acceptors (Lipinski definition) is 4. The topological polar surface area (TPSA) is 40.6 Å². The Morgan fingerprint density at radius 3 is 1.64 bits per heavy atom. The number of nitrogens with zero attached hydrogens (tertiary/aromatic N) is 2. The molecule has 0 N–H and O–H groups in total. The Morgan fingerprint density at radius 1 is 0.880 bits per heavy atom. The van der Waals surface area contributed by atoms with Crippen LogP contribution < -0.4 is 0 Å². The molecule has 6 heteroatoms. The zero-order valence-electron chi connectivity index (χ0n) is 17.0. The third kappa shape index (κ3) is 16.2. The van der Waals surface area contributed by atoms with Crippen molar-refractivity contribution in [3.05, 3.63) is 35.6 Å². The maximum atomic E-state index is 12.4. The second-order valence-corrected chi connectivity index (χ2v) is 7.80. The Labute approximate surface area is 154 Å². The Morgan fingerprint density at radius 2 is 1.28 bits per heavy atom. The summed E-state index contributed by atoms with van der Waals surface area (Å²) in [6, 6.07) is 5.44. The van der Waals surface area contributed by atoms with Crippen molar-refractivity contribution in [3.63, 3.8) is 0 Å². The SMILES string of the molecule is CC.CC.CN1CCCN(C)CC1.CS(=O)(=O)Cc1ccc(F)cc1. The molecule has 1 fully saturated rings. The van der Waals surface area contributed by atoms with Crippen molar-refractivity contribution >= 4 is 9.84 Å². The molecule has 0 unspecified atom stereocenters. The number of benzene rings is 1. The lowest BCUT2D eigenvalue weighted by Crippen LogP contribution is -2.25. The highest BCUT2D eigenvalue weighted by atomic mass is 32.2. The van der Waals surface area contributed by atoms with Crippen molar-refractivity contribution in [1.82, 2.24) is 9.80 Å². The van der Waals surface area contributed by atoms with E-state index in [4.69, 9.17) is 0 Å². The molecular weight excluding hydrogens is 339 g/mol. The summed E-state index contributed by atoms with van der Waals surface area (Å²) in [7, 11) is 1.37. The fraction of sp³-hybridized carbons (Fsp3) is 0.684. The molecule has 25 heavy (non-hydrogen) atoms. The predicted octanol–water partition coefficient (Wildman–Crippen LogP) is 3.68. The van der Waals surface area contributed by atoms with Crippen LogP contribution in [-0.2, 0) is 15.6 Å². The summed E-state index contributed by atoms with van der Waals surface area (Å²) in [6.45, 7) is 13.0. The van der Waals surface area contributed by atoms with Gasteiger partial charge in [-0.25, -0.2) is 12.8 Å². The number of sulfone groups is 1. The van der Waals surface area contributed by atoms with Crippen LogP contribution in [0.4, 0.5) is 4.39 Å². The second kappa shape index (κ2) is 15.3. The molecule has 0 aliphatic carbocycles. The Hall–Kier alpha value is -0.980. The minimum Gasteiger partial charge on any atom is -0.305 e. The van der Waals surface area contributed by atoms with Crippen LogP contribution in [0.2, 0.25) is 0 Å². The monoisotopic (exact) mass is 376 g/mol. The minimum absolute atomic E-state index is 0.0344. The number of hydrogen-bond donors (Lipinski definition) is 0. The first-order chi connectivity index (χ1) is 11.8. The van der Waals surface area contributed by atoms with Crippen molar-refractivity contribution in [1.29, 1.82) is 0 Å². The molecular formula is C19H37FN2O2S. The maximum absolute atomic E-state index is 12.4. The van der Waals surface area contributed by atoms with E-state index >= 15 is 0 Å². The molecule has 0 atom stereocenters. The molecule has 0 amide bonds. The number of likely N-dealkylation sites (N-methyl/N-ethyl adjacent to an activating group) is 2. The fourth-order valence-electron chi connectivity index (χ4n) is 2.06. The van der Waals surface area contributed by atoms with E-state index in [1.54, 1.807) is 0 Å². The molecule has 0 radical (unpaired) electrons. The van der Waals surface area contributed by atoms with E-state index in [-0.39, 0.29) is 11.6 Å². The van der Waals surface area contributed by atoms with Crippen LogP contribution in [0, 0.1) is 5.82 Å². The Balaban J connectivity index is 0. The molecule has 1 aromatic rings. The van der Waals surface area contributed by atoms with E-state index in [0.717, 1.165) is 6.26 Å². The van der Waals surface area contributed by atoms with Gasteiger partial charge in [-0.3, -0.25) is 0 Å². The van der Waals surface area contributed by atoms with Crippen molar-refractivity contribution in [2.24, 2.45) is 0 Å². The molecule has 1 aliphatic rings. The first-order valence-electron chi connectivity index (χ1n) is 9.05. The lowest BCUT2D eigenvalue weighted by atomic mass is 10.2. The highest BCUT2D eigenvalue weighted by molar-refractivity contribution is 7.89. The normalized spacial score (nSPS) is 15.4. The van der Waals surface area contributed by atoms with E-state index in [9.17, 15) is 12.8 Å². The summed E-state index contributed by atoms with van der Waals surface area (Å²) >= 11 is 0. The Kier molecular flexibility index (Phi) is 16.1. The highest BCUT2D eigenvalue weighted by Gasteiger charge is 2.06. The van der Waals surface area contributed by atoms with Gasteiger partial charge >= 0.3 is 0 Å². The summed E-state index contributed by atoms with van der Waals surface area (Å²) in [5.74, 6) is -0.389. The van der Waals surface area contributed by atoms with Gasteiger partial charge in [-0.1, -0.05) is 39.8 Å². The van der Waals surface area contributed by atoms with Crippen LogP contribution >= 0.6 is 0 Å². The smallest absolute Gasteiger partial charge is 0.151 e. The first kappa shape index (κ1) is 26.3. The van der Waals surface area contributed by atoms with Gasteiger partial charge in [-0.05, 0) is 51.3 Å². The molecule has 1 aliphatic heterocycles. The quantitative estimate of drug-likeness (QED) is 0.789. The van der Waals surface area contributed by atoms with Gasteiger partial charge in [0, 0.05) is 19.3 Å². The Bertz CT molecular complexity index is 509. The van der Waals surface area contributed by atoms with Gasteiger partial charge in [-0.15, -0.1) is 0 Å². The van der Waals surface area contributed by atoms with Crippen molar-refractivity contribution < 1.29 is 12.8 Å². The molecule has 1 heterocycles. The van der Waals surface area contributed by atoms with Gasteiger partial charge < -0.3 is 9.80 Å². The van der Waals surface area contributed by atoms with Gasteiger partial charge in [0.25, 0.3) is 0 Å². The summed E-state index contributed by atoms with van der Waals surface area (Å²) in [4.78, 5) is 4.78. The van der Waals surface area contributed by atoms with Gasteiger partial charge in [0.2, 0.25) is 0 Å². The summed E-state index contributed by atoms with van der Waals surface area (Å²) in [5.41, 5.74) is 0.610. The molecule has 4 nitrogen and oxygen atoms in total. The van der Waals surface area contributed by atoms with E-state index in [0.29, 0.717) is 5.56 Å². The summed E-state index contributed by atoms with van der Waals surface area (Å²) < 4.78 is 34.0. The third-order valence-corrected chi connectivity index (χ3v) is 4.14. The van der Waals surface area contributed by atoms with E-state index < -0.39 is 9.84 Å². The summed E-state index contributed by atoms with van der Waals surface area (Å²) in [6.07, 6.45) is 2.48. The minimum atomic E-state index is -3.01. The zero-order chi connectivity index (χ0) is 19.9. The van der Waals surface area contributed by atoms with Crippen LogP contribution in [-0.4, -0.2) is 64.7 Å². The van der Waals surface area contributed by atoms with Crippen LogP contribution in [0.5, 0.6) is 0 Å². The first-order valence-corrected chi connectivity index (χ1v) is 11.1. The maximum Gasteiger partial charge on any atom is 0.151 e. The van der Waals surface area contributed by atoms with Crippen molar-refractivity contribution in [2.45, 2.75) is 39.9 Å². The molecule has 1 aromatic carbocycles. The number of rotatable bonds is 2. The largest absolute Gasteiger partial charge is 0.305 e. The number of halogens is 1. The molecule has 1 saturated heterocycles. The molecule has 0 saturated carbocycles. The summed E-state index contributed by atoms with van der Waals surface area (Å²) in [5, 5.41) is 0. The fourth-order valence-corrected chi connectivity index (χ4v) is 2.86. The molecule has 0 spiro atoms. The van der Waals surface area contributed by atoms with Crippen molar-refractivity contribution in [3.8, 4) is 0 Å². The van der Waals surface area contributed by atoms with Gasteiger partial charge in [0.1, 0.15) is 5.82 Å². The third-order valence-electron chi connectivity index (χ3n) is 3.29. The van der Waals surface area contributed by atoms with E-state index in [2.05, 4.69) is 23.9 Å². The second-order valence-electron chi connectivity index (χ2n) is 5.66. The lowest BCUT2D eigenvalue weighted by Gasteiger charge is -2.13. The van der Waals surface area contributed by atoms with Gasteiger partial charge in [0.05, 0.1) is 5.75 Å². The van der Waals surface area contributed by atoms with Crippen LogP contribution in [0.1, 0.15) is 39.7 Å². The van der Waals surface area contributed by atoms with E-state index in [1.165, 1.54) is 56.9 Å². The average molecular weight is 377 g/mol. The van der Waals surface area contributed by atoms with Crippen LogP contribution in [0.25, 0.3) is 0 Å². The van der Waals surface area contributed by atoms with Crippen LogP contribution in [0.3, 0.4) is 0 Å². The molecule has 148 valence electrons. The molecule has 0 aromatic heterocycles.